The second-order valence-corrected chi connectivity index (χ2v) is 6.40. The number of fused-ring (bicyclic) bond motifs is 1. The standard InChI is InChI=1S/C21H21FN2O3/c1-3-14(2)23-20(25)13-24-17-9-4-5-10-18(17)27-19(21(24)26)12-15-7-6-8-16(22)11-15/h4-12,14H,3,13H2,1-2H3,(H,23,25)/b19-12+/t14-/m0/s1. The molecule has 140 valence electrons. The lowest BCUT2D eigenvalue weighted by atomic mass is 10.1. The molecular weight excluding hydrogens is 347 g/mol. The lowest BCUT2D eigenvalue weighted by Crippen LogP contribution is -2.46. The Bertz CT molecular complexity index is 895. The number of rotatable bonds is 5. The maximum absolute atomic E-state index is 13.4. The van der Waals surface area contributed by atoms with Crippen molar-refractivity contribution in [2.75, 3.05) is 11.4 Å². The molecule has 0 aliphatic carbocycles. The maximum atomic E-state index is 13.4. The van der Waals surface area contributed by atoms with Crippen LogP contribution in [0.1, 0.15) is 25.8 Å². The van der Waals surface area contributed by atoms with E-state index in [0.29, 0.717) is 17.0 Å². The molecule has 5 nitrogen and oxygen atoms in total. The Morgan fingerprint density at radius 3 is 2.78 bits per heavy atom. The van der Waals surface area contributed by atoms with E-state index < -0.39 is 11.7 Å². The molecule has 1 N–H and O–H groups in total. The van der Waals surface area contributed by atoms with Crippen LogP contribution in [-0.2, 0) is 9.59 Å². The molecule has 6 heteroatoms. The molecule has 1 atom stereocenters. The number of carbonyl (C=O) groups excluding carboxylic acids is 2. The molecule has 0 spiro atoms. The van der Waals surface area contributed by atoms with E-state index in [2.05, 4.69) is 5.32 Å². The Balaban J connectivity index is 1.92. The predicted octanol–water partition coefficient (Wildman–Crippen LogP) is 3.51. The van der Waals surface area contributed by atoms with Crippen molar-refractivity contribution in [3.05, 3.63) is 65.7 Å². The van der Waals surface area contributed by atoms with E-state index in [0.717, 1.165) is 6.42 Å². The third-order valence-electron chi connectivity index (χ3n) is 4.30. The van der Waals surface area contributed by atoms with Crippen molar-refractivity contribution in [1.82, 2.24) is 5.32 Å². The van der Waals surface area contributed by atoms with Gasteiger partial charge in [-0.25, -0.2) is 4.39 Å². The fourth-order valence-electron chi connectivity index (χ4n) is 2.73. The van der Waals surface area contributed by atoms with Gasteiger partial charge in [-0.1, -0.05) is 31.2 Å². The van der Waals surface area contributed by atoms with Crippen LogP contribution in [0.3, 0.4) is 0 Å². The molecular formula is C21H21FN2O3. The summed E-state index contributed by atoms with van der Waals surface area (Å²) in [6.45, 7) is 3.76. The molecule has 0 unspecified atom stereocenters. The summed E-state index contributed by atoms with van der Waals surface area (Å²) >= 11 is 0. The molecule has 27 heavy (non-hydrogen) atoms. The van der Waals surface area contributed by atoms with Crippen LogP contribution >= 0.6 is 0 Å². The number of benzene rings is 2. The summed E-state index contributed by atoms with van der Waals surface area (Å²) in [5.41, 5.74) is 1.03. The maximum Gasteiger partial charge on any atom is 0.294 e. The van der Waals surface area contributed by atoms with Crippen molar-refractivity contribution < 1.29 is 18.7 Å². The van der Waals surface area contributed by atoms with E-state index in [9.17, 15) is 14.0 Å². The van der Waals surface area contributed by atoms with Gasteiger partial charge in [-0.05, 0) is 49.2 Å². The number of nitrogens with one attached hydrogen (secondary N) is 1. The fraction of sp³-hybridized carbons (Fsp3) is 0.238. The molecule has 2 aromatic rings. The molecule has 2 amide bonds. The van der Waals surface area contributed by atoms with E-state index in [1.54, 1.807) is 36.4 Å². The summed E-state index contributed by atoms with van der Waals surface area (Å²) in [5, 5.41) is 2.86. The number of ether oxygens (including phenoxy) is 1. The largest absolute Gasteiger partial charge is 0.449 e. The number of nitrogens with zero attached hydrogens (tertiary/aromatic N) is 1. The van der Waals surface area contributed by atoms with Gasteiger partial charge < -0.3 is 10.1 Å². The number of halogens is 1. The van der Waals surface area contributed by atoms with Crippen molar-refractivity contribution in [2.45, 2.75) is 26.3 Å². The topological polar surface area (TPSA) is 58.6 Å². The number of hydrogen-bond acceptors (Lipinski definition) is 3. The zero-order chi connectivity index (χ0) is 19.4. The third-order valence-corrected chi connectivity index (χ3v) is 4.30. The summed E-state index contributed by atoms with van der Waals surface area (Å²) in [4.78, 5) is 26.6. The Hall–Kier alpha value is -3.15. The minimum absolute atomic E-state index is 0.0196. The van der Waals surface area contributed by atoms with Crippen molar-refractivity contribution in [2.24, 2.45) is 0 Å². The molecule has 0 radical (unpaired) electrons. The Labute approximate surface area is 157 Å². The van der Waals surface area contributed by atoms with Crippen LogP contribution in [0.2, 0.25) is 0 Å². The van der Waals surface area contributed by atoms with Crippen LogP contribution < -0.4 is 15.0 Å². The third kappa shape index (κ3) is 4.34. The lowest BCUT2D eigenvalue weighted by Gasteiger charge is -2.30. The van der Waals surface area contributed by atoms with Gasteiger partial charge in [-0.2, -0.15) is 0 Å². The van der Waals surface area contributed by atoms with E-state index in [4.69, 9.17) is 4.74 Å². The van der Waals surface area contributed by atoms with Crippen LogP contribution in [0.15, 0.2) is 54.3 Å². The Kier molecular flexibility index (Phi) is 5.54. The van der Waals surface area contributed by atoms with Gasteiger partial charge in [0.25, 0.3) is 5.91 Å². The molecule has 1 heterocycles. The van der Waals surface area contributed by atoms with E-state index >= 15 is 0 Å². The summed E-state index contributed by atoms with van der Waals surface area (Å²) in [5.74, 6) is -0.596. The molecule has 0 saturated heterocycles. The van der Waals surface area contributed by atoms with Crippen LogP contribution in [0.4, 0.5) is 10.1 Å². The second kappa shape index (κ2) is 8.03. The lowest BCUT2D eigenvalue weighted by molar-refractivity contribution is -0.123. The molecule has 0 aromatic heterocycles. The molecule has 2 aromatic carbocycles. The van der Waals surface area contributed by atoms with E-state index in [1.807, 2.05) is 13.8 Å². The SMILES string of the molecule is CC[C@H](C)NC(=O)CN1C(=O)/C(=C\c2cccc(F)c2)Oc2ccccc21. The first-order valence-corrected chi connectivity index (χ1v) is 8.83. The molecule has 1 aliphatic rings. The highest BCUT2D eigenvalue weighted by atomic mass is 19.1. The first kappa shape index (κ1) is 18.6. The molecule has 0 fully saturated rings. The van der Waals surface area contributed by atoms with Gasteiger partial charge >= 0.3 is 0 Å². The zero-order valence-electron chi connectivity index (χ0n) is 15.2. The van der Waals surface area contributed by atoms with Gasteiger partial charge in [0.05, 0.1) is 5.69 Å². The number of para-hydroxylation sites is 2. The van der Waals surface area contributed by atoms with Crippen LogP contribution in [0, 0.1) is 5.82 Å². The van der Waals surface area contributed by atoms with Gasteiger partial charge in [0, 0.05) is 6.04 Å². The van der Waals surface area contributed by atoms with Crippen molar-refractivity contribution in [3.8, 4) is 5.75 Å². The average molecular weight is 368 g/mol. The molecule has 0 bridgehead atoms. The van der Waals surface area contributed by atoms with Crippen LogP contribution in [0.25, 0.3) is 6.08 Å². The normalized spacial score (nSPS) is 15.9. The molecule has 3 rings (SSSR count). The van der Waals surface area contributed by atoms with E-state index in [1.165, 1.54) is 23.1 Å². The van der Waals surface area contributed by atoms with Gasteiger partial charge in [0.2, 0.25) is 5.91 Å². The highest BCUT2D eigenvalue weighted by molar-refractivity contribution is 6.12. The summed E-state index contributed by atoms with van der Waals surface area (Å²) in [7, 11) is 0. The van der Waals surface area contributed by atoms with Crippen LogP contribution in [0.5, 0.6) is 5.75 Å². The Morgan fingerprint density at radius 2 is 2.04 bits per heavy atom. The van der Waals surface area contributed by atoms with Crippen LogP contribution in [-0.4, -0.2) is 24.4 Å². The average Bonchev–Trinajstić information content (AvgIpc) is 2.65. The molecule has 0 saturated carbocycles. The number of hydrogen-bond donors (Lipinski definition) is 1. The monoisotopic (exact) mass is 368 g/mol. The zero-order valence-corrected chi connectivity index (χ0v) is 15.2. The van der Waals surface area contributed by atoms with Gasteiger partial charge in [-0.3, -0.25) is 14.5 Å². The smallest absolute Gasteiger partial charge is 0.294 e. The summed E-state index contributed by atoms with van der Waals surface area (Å²) in [6, 6.07) is 12.9. The number of anilines is 1. The second-order valence-electron chi connectivity index (χ2n) is 6.40. The highest BCUT2D eigenvalue weighted by Crippen LogP contribution is 2.35. The number of carbonyl (C=O) groups is 2. The van der Waals surface area contributed by atoms with Crippen molar-refractivity contribution >= 4 is 23.6 Å². The Morgan fingerprint density at radius 1 is 1.26 bits per heavy atom. The first-order chi connectivity index (χ1) is 13.0. The summed E-state index contributed by atoms with van der Waals surface area (Å²) < 4.78 is 19.2. The minimum atomic E-state index is -0.447. The van der Waals surface area contributed by atoms with Gasteiger partial charge in [0.1, 0.15) is 12.4 Å². The fourth-order valence-corrected chi connectivity index (χ4v) is 2.73. The number of amides is 2. The van der Waals surface area contributed by atoms with Gasteiger partial charge in [0.15, 0.2) is 11.5 Å². The van der Waals surface area contributed by atoms with E-state index in [-0.39, 0.29) is 24.3 Å². The van der Waals surface area contributed by atoms with Crippen molar-refractivity contribution in [3.63, 3.8) is 0 Å². The van der Waals surface area contributed by atoms with Crippen molar-refractivity contribution in [1.29, 1.82) is 0 Å². The minimum Gasteiger partial charge on any atom is -0.449 e. The quantitative estimate of drug-likeness (QED) is 0.822. The molecule has 1 aliphatic heterocycles. The summed E-state index contributed by atoms with van der Waals surface area (Å²) in [6.07, 6.45) is 2.27. The first-order valence-electron chi connectivity index (χ1n) is 8.83. The highest BCUT2D eigenvalue weighted by Gasteiger charge is 2.31. The predicted molar refractivity (Wildman–Crippen MR) is 102 cm³/mol. The van der Waals surface area contributed by atoms with Gasteiger partial charge in [-0.15, -0.1) is 0 Å².